The van der Waals surface area contributed by atoms with Crippen molar-refractivity contribution in [3.8, 4) is 0 Å². The van der Waals surface area contributed by atoms with Gasteiger partial charge in [0.05, 0.1) is 0 Å². The lowest BCUT2D eigenvalue weighted by Gasteiger charge is -2.20. The first-order valence-corrected chi connectivity index (χ1v) is 7.87. The summed E-state index contributed by atoms with van der Waals surface area (Å²) >= 11 is 3.51. The van der Waals surface area contributed by atoms with E-state index in [1.54, 1.807) is 6.33 Å². The molecule has 21 heavy (non-hydrogen) atoms. The van der Waals surface area contributed by atoms with E-state index in [4.69, 9.17) is 0 Å². The fraction of sp³-hybridized carbons (Fsp3) is 0.375. The van der Waals surface area contributed by atoms with Crippen LogP contribution in [-0.4, -0.2) is 17.0 Å². The topological polar surface area (TPSA) is 49.8 Å². The van der Waals surface area contributed by atoms with Crippen molar-refractivity contribution in [2.24, 2.45) is 0 Å². The Morgan fingerprint density at radius 2 is 1.81 bits per heavy atom. The first kappa shape index (κ1) is 15.8. The Hall–Kier alpha value is -1.62. The highest BCUT2D eigenvalue weighted by Gasteiger charge is 2.16. The Balaban J connectivity index is 2.31. The van der Waals surface area contributed by atoms with Crippen molar-refractivity contribution in [1.82, 2.24) is 9.97 Å². The number of rotatable bonds is 5. The van der Waals surface area contributed by atoms with Gasteiger partial charge in [-0.3, -0.25) is 0 Å². The van der Waals surface area contributed by atoms with Crippen LogP contribution in [0.15, 0.2) is 35.1 Å². The van der Waals surface area contributed by atoms with E-state index in [1.165, 1.54) is 5.56 Å². The van der Waals surface area contributed by atoms with Gasteiger partial charge in [-0.2, -0.15) is 0 Å². The van der Waals surface area contributed by atoms with Crippen molar-refractivity contribution < 1.29 is 0 Å². The average molecular weight is 349 g/mol. The molecule has 4 nitrogen and oxygen atoms in total. The predicted octanol–water partition coefficient (Wildman–Crippen LogP) is 4.58. The smallest absolute Gasteiger partial charge is 0.135 e. The first-order chi connectivity index (χ1) is 10.0. The summed E-state index contributed by atoms with van der Waals surface area (Å²) in [7, 11) is 1.88. The Kier molecular flexibility index (Phi) is 5.17. The van der Waals surface area contributed by atoms with Crippen LogP contribution in [0.3, 0.4) is 0 Å². The largest absolute Gasteiger partial charge is 0.373 e. The molecule has 1 heterocycles. The fourth-order valence-electron chi connectivity index (χ4n) is 2.32. The molecular formula is C16H21BrN4. The lowest BCUT2D eigenvalue weighted by atomic mass is 10.0. The number of benzene rings is 1. The van der Waals surface area contributed by atoms with Crippen LogP contribution in [-0.2, 0) is 0 Å². The molecule has 112 valence electrons. The molecule has 5 heteroatoms. The minimum absolute atomic E-state index is 0.166. The lowest BCUT2D eigenvalue weighted by molar-refractivity contribution is 0.820. The minimum atomic E-state index is 0.166. The standard InChI is InChI=1S/C16H21BrN4/c1-10(2)14-15(18-4)19-9-20-16(14)21-11(3)12-6-5-7-13(17)8-12/h5-11H,1-4H3,(H2,18,19,20,21). The molecule has 2 aromatic rings. The van der Waals surface area contributed by atoms with Crippen molar-refractivity contribution in [2.75, 3.05) is 17.7 Å². The predicted molar refractivity (Wildman–Crippen MR) is 91.8 cm³/mol. The monoisotopic (exact) mass is 348 g/mol. The fourth-order valence-corrected chi connectivity index (χ4v) is 2.74. The Labute approximate surface area is 134 Å². The molecule has 0 bridgehead atoms. The summed E-state index contributed by atoms with van der Waals surface area (Å²) in [5, 5.41) is 6.64. The number of aromatic nitrogens is 2. The van der Waals surface area contributed by atoms with Crippen LogP contribution in [0.5, 0.6) is 0 Å². The van der Waals surface area contributed by atoms with E-state index in [0.29, 0.717) is 5.92 Å². The molecule has 0 aliphatic carbocycles. The van der Waals surface area contributed by atoms with Crippen LogP contribution in [0.1, 0.15) is 43.9 Å². The van der Waals surface area contributed by atoms with Gasteiger partial charge >= 0.3 is 0 Å². The lowest BCUT2D eigenvalue weighted by Crippen LogP contribution is -2.13. The second-order valence-electron chi connectivity index (χ2n) is 5.31. The van der Waals surface area contributed by atoms with Crippen LogP contribution < -0.4 is 10.6 Å². The maximum atomic E-state index is 4.42. The van der Waals surface area contributed by atoms with Crippen LogP contribution in [0.4, 0.5) is 11.6 Å². The van der Waals surface area contributed by atoms with Crippen LogP contribution in [0, 0.1) is 0 Å². The quantitative estimate of drug-likeness (QED) is 0.830. The zero-order valence-electron chi connectivity index (χ0n) is 12.8. The van der Waals surface area contributed by atoms with Gasteiger partial charge in [0, 0.05) is 23.1 Å². The highest BCUT2D eigenvalue weighted by molar-refractivity contribution is 9.10. The van der Waals surface area contributed by atoms with E-state index in [9.17, 15) is 0 Å². The molecule has 1 aromatic carbocycles. The number of nitrogens with one attached hydrogen (secondary N) is 2. The molecule has 0 saturated heterocycles. The summed E-state index contributed by atoms with van der Waals surface area (Å²) in [5.74, 6) is 2.10. The summed E-state index contributed by atoms with van der Waals surface area (Å²) in [5.41, 5.74) is 2.32. The first-order valence-electron chi connectivity index (χ1n) is 7.07. The van der Waals surface area contributed by atoms with Gasteiger partial charge in [0.2, 0.25) is 0 Å². The minimum Gasteiger partial charge on any atom is -0.373 e. The zero-order valence-corrected chi connectivity index (χ0v) is 14.4. The molecule has 2 N–H and O–H groups in total. The summed E-state index contributed by atoms with van der Waals surface area (Å²) in [6, 6.07) is 8.46. The summed E-state index contributed by atoms with van der Waals surface area (Å²) in [6.07, 6.45) is 1.59. The van der Waals surface area contributed by atoms with Crippen molar-refractivity contribution >= 4 is 27.6 Å². The molecule has 0 spiro atoms. The molecule has 1 aromatic heterocycles. The van der Waals surface area contributed by atoms with Crippen molar-refractivity contribution in [3.05, 3.63) is 46.2 Å². The van der Waals surface area contributed by atoms with E-state index in [0.717, 1.165) is 21.7 Å². The molecular weight excluding hydrogens is 328 g/mol. The third kappa shape index (κ3) is 3.73. The highest BCUT2D eigenvalue weighted by Crippen LogP contribution is 2.30. The second-order valence-corrected chi connectivity index (χ2v) is 6.23. The van der Waals surface area contributed by atoms with Gasteiger partial charge in [-0.05, 0) is 30.5 Å². The van der Waals surface area contributed by atoms with Crippen LogP contribution in [0.2, 0.25) is 0 Å². The number of anilines is 2. The molecule has 0 radical (unpaired) electrons. The van der Waals surface area contributed by atoms with Crippen molar-refractivity contribution in [2.45, 2.75) is 32.7 Å². The molecule has 0 saturated carbocycles. The Bertz CT molecular complexity index is 613. The van der Waals surface area contributed by atoms with E-state index in [2.05, 4.69) is 69.4 Å². The zero-order chi connectivity index (χ0) is 15.4. The van der Waals surface area contributed by atoms with E-state index < -0.39 is 0 Å². The molecule has 0 amide bonds. The van der Waals surface area contributed by atoms with Gasteiger partial charge in [-0.15, -0.1) is 0 Å². The maximum absolute atomic E-state index is 4.42. The molecule has 0 aliphatic heterocycles. The molecule has 0 aliphatic rings. The van der Waals surface area contributed by atoms with Gasteiger partial charge in [-0.25, -0.2) is 9.97 Å². The summed E-state index contributed by atoms with van der Waals surface area (Å²) in [6.45, 7) is 6.43. The average Bonchev–Trinajstić information content (AvgIpc) is 2.46. The number of hydrogen-bond donors (Lipinski definition) is 2. The summed E-state index contributed by atoms with van der Waals surface area (Å²) in [4.78, 5) is 8.73. The van der Waals surface area contributed by atoms with Crippen molar-refractivity contribution in [3.63, 3.8) is 0 Å². The van der Waals surface area contributed by atoms with Crippen LogP contribution in [0.25, 0.3) is 0 Å². The third-order valence-corrected chi connectivity index (χ3v) is 3.89. The second kappa shape index (κ2) is 6.89. The molecule has 1 atom stereocenters. The van der Waals surface area contributed by atoms with Gasteiger partial charge in [-0.1, -0.05) is 41.9 Å². The van der Waals surface area contributed by atoms with E-state index >= 15 is 0 Å². The van der Waals surface area contributed by atoms with E-state index in [-0.39, 0.29) is 6.04 Å². The van der Waals surface area contributed by atoms with Gasteiger partial charge in [0.15, 0.2) is 0 Å². The molecule has 0 fully saturated rings. The van der Waals surface area contributed by atoms with Gasteiger partial charge in [0.25, 0.3) is 0 Å². The SMILES string of the molecule is CNc1ncnc(NC(C)c2cccc(Br)c2)c1C(C)C. The normalized spacial score (nSPS) is 12.3. The van der Waals surface area contributed by atoms with E-state index in [1.807, 2.05) is 19.2 Å². The number of nitrogens with zero attached hydrogens (tertiary/aromatic N) is 2. The Morgan fingerprint density at radius 3 is 2.43 bits per heavy atom. The number of halogens is 1. The Morgan fingerprint density at radius 1 is 1.10 bits per heavy atom. The van der Waals surface area contributed by atoms with Gasteiger partial charge in [0.1, 0.15) is 18.0 Å². The molecule has 2 rings (SSSR count). The third-order valence-electron chi connectivity index (χ3n) is 3.40. The van der Waals surface area contributed by atoms with Crippen molar-refractivity contribution in [1.29, 1.82) is 0 Å². The summed E-state index contributed by atoms with van der Waals surface area (Å²) < 4.78 is 1.08. The molecule has 1 unspecified atom stereocenters. The van der Waals surface area contributed by atoms with Crippen LogP contribution >= 0.6 is 15.9 Å². The highest BCUT2D eigenvalue weighted by atomic mass is 79.9. The maximum Gasteiger partial charge on any atom is 0.135 e. The number of hydrogen-bond acceptors (Lipinski definition) is 4. The van der Waals surface area contributed by atoms with Gasteiger partial charge < -0.3 is 10.6 Å².